The van der Waals surface area contributed by atoms with Crippen LogP contribution in [0.4, 0.5) is 0 Å². The third-order valence-electron chi connectivity index (χ3n) is 4.33. The van der Waals surface area contributed by atoms with Crippen LogP contribution in [0.3, 0.4) is 0 Å². The molecule has 0 aromatic heterocycles. The first-order valence-electron chi connectivity index (χ1n) is 6.86. The van der Waals surface area contributed by atoms with Crippen LogP contribution in [0.25, 0.3) is 0 Å². The molecule has 0 aromatic carbocycles. The maximum absolute atomic E-state index is 5.78. The lowest BCUT2D eigenvalue weighted by Crippen LogP contribution is -2.41. The summed E-state index contributed by atoms with van der Waals surface area (Å²) in [5.74, 6) is 0.875. The standard InChI is InChI=1S/C14H30N2/c1-12-7-5-6-8-13(12)16(4)10-9-14(2,3)11-15/h12-13H,5-11,15H2,1-4H3. The average Bonchev–Trinajstić information content (AvgIpc) is 2.27. The van der Waals surface area contributed by atoms with Crippen LogP contribution in [0, 0.1) is 11.3 Å². The molecule has 16 heavy (non-hydrogen) atoms. The van der Waals surface area contributed by atoms with E-state index >= 15 is 0 Å². The van der Waals surface area contributed by atoms with Gasteiger partial charge in [0.2, 0.25) is 0 Å². The van der Waals surface area contributed by atoms with E-state index in [1.165, 1.54) is 38.6 Å². The number of nitrogens with two attached hydrogens (primary N) is 1. The van der Waals surface area contributed by atoms with Crippen molar-refractivity contribution < 1.29 is 0 Å². The Morgan fingerprint density at radius 3 is 2.44 bits per heavy atom. The zero-order chi connectivity index (χ0) is 12.2. The number of nitrogens with zero attached hydrogens (tertiary/aromatic N) is 1. The van der Waals surface area contributed by atoms with Gasteiger partial charge in [-0.05, 0) is 50.7 Å². The highest BCUT2D eigenvalue weighted by molar-refractivity contribution is 4.80. The van der Waals surface area contributed by atoms with Gasteiger partial charge in [-0.2, -0.15) is 0 Å². The van der Waals surface area contributed by atoms with Crippen molar-refractivity contribution in [1.82, 2.24) is 4.90 Å². The van der Waals surface area contributed by atoms with Gasteiger partial charge in [-0.25, -0.2) is 0 Å². The van der Waals surface area contributed by atoms with Gasteiger partial charge in [0, 0.05) is 6.04 Å². The van der Waals surface area contributed by atoms with Crippen molar-refractivity contribution in [1.29, 1.82) is 0 Å². The molecule has 0 aromatic rings. The Bertz CT molecular complexity index is 201. The summed E-state index contributed by atoms with van der Waals surface area (Å²) >= 11 is 0. The van der Waals surface area contributed by atoms with E-state index in [9.17, 15) is 0 Å². The Kier molecular flexibility index (Phi) is 5.26. The molecule has 0 heterocycles. The molecule has 0 amide bonds. The smallest absolute Gasteiger partial charge is 0.0118 e. The molecule has 1 aliphatic rings. The zero-order valence-electron chi connectivity index (χ0n) is 11.6. The van der Waals surface area contributed by atoms with Gasteiger partial charge in [0.25, 0.3) is 0 Å². The van der Waals surface area contributed by atoms with Crippen molar-refractivity contribution in [3.8, 4) is 0 Å². The molecule has 2 nitrogen and oxygen atoms in total. The summed E-state index contributed by atoms with van der Waals surface area (Å²) in [5, 5.41) is 0. The fourth-order valence-electron chi connectivity index (χ4n) is 2.70. The number of rotatable bonds is 5. The summed E-state index contributed by atoms with van der Waals surface area (Å²) in [6.07, 6.45) is 6.86. The fraction of sp³-hybridized carbons (Fsp3) is 1.00. The normalized spacial score (nSPS) is 27.4. The van der Waals surface area contributed by atoms with E-state index in [0.717, 1.165) is 18.5 Å². The monoisotopic (exact) mass is 226 g/mol. The molecule has 1 rings (SSSR count). The lowest BCUT2D eigenvalue weighted by Gasteiger charge is -2.37. The van der Waals surface area contributed by atoms with Gasteiger partial charge in [0.05, 0.1) is 0 Å². The van der Waals surface area contributed by atoms with Crippen molar-refractivity contribution in [3.05, 3.63) is 0 Å². The van der Waals surface area contributed by atoms with E-state index in [0.29, 0.717) is 5.41 Å². The molecule has 96 valence electrons. The molecule has 2 heteroatoms. The predicted octanol–water partition coefficient (Wildman–Crippen LogP) is 2.87. The minimum Gasteiger partial charge on any atom is -0.330 e. The third kappa shape index (κ3) is 4.06. The maximum Gasteiger partial charge on any atom is 0.0118 e. The Morgan fingerprint density at radius 2 is 1.88 bits per heavy atom. The lowest BCUT2D eigenvalue weighted by atomic mass is 9.84. The molecular weight excluding hydrogens is 196 g/mol. The van der Waals surface area contributed by atoms with Crippen LogP contribution in [-0.4, -0.2) is 31.1 Å². The van der Waals surface area contributed by atoms with E-state index in [4.69, 9.17) is 5.73 Å². The summed E-state index contributed by atoms with van der Waals surface area (Å²) in [5.41, 5.74) is 6.08. The summed E-state index contributed by atoms with van der Waals surface area (Å²) < 4.78 is 0. The van der Waals surface area contributed by atoms with Crippen LogP contribution in [0.2, 0.25) is 0 Å². The van der Waals surface area contributed by atoms with Gasteiger partial charge in [-0.3, -0.25) is 0 Å². The second-order valence-corrected chi connectivity index (χ2v) is 6.43. The van der Waals surface area contributed by atoms with Gasteiger partial charge >= 0.3 is 0 Å². The SMILES string of the molecule is CC1CCCCC1N(C)CCC(C)(C)CN. The van der Waals surface area contributed by atoms with Crippen LogP contribution in [0.15, 0.2) is 0 Å². The Morgan fingerprint density at radius 1 is 1.25 bits per heavy atom. The van der Waals surface area contributed by atoms with E-state index in [1.54, 1.807) is 0 Å². The highest BCUT2D eigenvalue weighted by atomic mass is 15.1. The van der Waals surface area contributed by atoms with E-state index < -0.39 is 0 Å². The average molecular weight is 226 g/mol. The van der Waals surface area contributed by atoms with Crippen molar-refractivity contribution in [3.63, 3.8) is 0 Å². The molecule has 2 unspecified atom stereocenters. The molecule has 1 fully saturated rings. The minimum atomic E-state index is 0.298. The highest BCUT2D eigenvalue weighted by Crippen LogP contribution is 2.28. The van der Waals surface area contributed by atoms with Crippen molar-refractivity contribution in [2.24, 2.45) is 17.1 Å². The van der Waals surface area contributed by atoms with Crippen molar-refractivity contribution >= 4 is 0 Å². The Labute approximate surface area is 102 Å². The summed E-state index contributed by atoms with van der Waals surface area (Å²) in [7, 11) is 2.29. The molecule has 1 saturated carbocycles. The second kappa shape index (κ2) is 6.02. The molecule has 1 aliphatic carbocycles. The Balaban J connectivity index is 2.36. The molecule has 0 bridgehead atoms. The second-order valence-electron chi connectivity index (χ2n) is 6.43. The quantitative estimate of drug-likeness (QED) is 0.781. The van der Waals surface area contributed by atoms with Gasteiger partial charge in [-0.15, -0.1) is 0 Å². The first-order valence-corrected chi connectivity index (χ1v) is 6.86. The van der Waals surface area contributed by atoms with Crippen LogP contribution in [0.1, 0.15) is 52.9 Å². The minimum absolute atomic E-state index is 0.298. The van der Waals surface area contributed by atoms with Gasteiger partial charge < -0.3 is 10.6 Å². The largest absolute Gasteiger partial charge is 0.330 e. The summed E-state index contributed by atoms with van der Waals surface area (Å²) in [6.45, 7) is 8.94. The highest BCUT2D eigenvalue weighted by Gasteiger charge is 2.26. The van der Waals surface area contributed by atoms with Crippen LogP contribution in [-0.2, 0) is 0 Å². The lowest BCUT2D eigenvalue weighted by molar-refractivity contribution is 0.124. The number of hydrogen-bond donors (Lipinski definition) is 1. The first kappa shape index (κ1) is 14.0. The first-order chi connectivity index (χ1) is 7.46. The van der Waals surface area contributed by atoms with Crippen LogP contribution in [0.5, 0.6) is 0 Å². The van der Waals surface area contributed by atoms with Gasteiger partial charge in [0.15, 0.2) is 0 Å². The summed E-state index contributed by atoms with van der Waals surface area (Å²) in [6, 6.07) is 0.808. The van der Waals surface area contributed by atoms with Gasteiger partial charge in [0.1, 0.15) is 0 Å². The number of hydrogen-bond acceptors (Lipinski definition) is 2. The van der Waals surface area contributed by atoms with Crippen molar-refractivity contribution in [2.75, 3.05) is 20.1 Å². The molecular formula is C14H30N2. The van der Waals surface area contributed by atoms with E-state index in [2.05, 4.69) is 32.7 Å². The fourth-order valence-corrected chi connectivity index (χ4v) is 2.70. The topological polar surface area (TPSA) is 29.3 Å². The molecule has 0 saturated heterocycles. The predicted molar refractivity (Wildman–Crippen MR) is 71.5 cm³/mol. The molecule has 2 atom stereocenters. The summed E-state index contributed by atoms with van der Waals surface area (Å²) in [4.78, 5) is 2.57. The molecule has 0 radical (unpaired) electrons. The van der Waals surface area contributed by atoms with Crippen molar-refractivity contribution in [2.45, 2.75) is 58.9 Å². The maximum atomic E-state index is 5.78. The molecule has 0 spiro atoms. The Hall–Kier alpha value is -0.0800. The van der Waals surface area contributed by atoms with E-state index in [1.807, 2.05) is 0 Å². The molecule has 0 aliphatic heterocycles. The molecule has 2 N–H and O–H groups in total. The van der Waals surface area contributed by atoms with E-state index in [-0.39, 0.29) is 0 Å². The van der Waals surface area contributed by atoms with Gasteiger partial charge in [-0.1, -0.05) is 33.6 Å². The third-order valence-corrected chi connectivity index (χ3v) is 4.33. The zero-order valence-corrected chi connectivity index (χ0v) is 11.6. The van der Waals surface area contributed by atoms with Crippen LogP contribution >= 0.6 is 0 Å². The van der Waals surface area contributed by atoms with Crippen LogP contribution < -0.4 is 5.73 Å².